The van der Waals surface area contributed by atoms with Gasteiger partial charge in [-0.25, -0.2) is 4.39 Å². The van der Waals surface area contributed by atoms with E-state index in [0.717, 1.165) is 5.69 Å². The van der Waals surface area contributed by atoms with Gasteiger partial charge in [0.05, 0.1) is 24.5 Å². The van der Waals surface area contributed by atoms with Crippen LogP contribution in [0.25, 0.3) is 0 Å². The lowest BCUT2D eigenvalue weighted by Crippen LogP contribution is -2.40. The van der Waals surface area contributed by atoms with E-state index in [1.807, 2.05) is 29.2 Å². The molecule has 1 aromatic carbocycles. The van der Waals surface area contributed by atoms with Gasteiger partial charge in [0.15, 0.2) is 0 Å². The maximum absolute atomic E-state index is 12.9. The van der Waals surface area contributed by atoms with E-state index in [-0.39, 0.29) is 6.54 Å². The monoisotopic (exact) mass is 196 g/mol. The number of ether oxygens (including phenoxy) is 1. The number of hydrogen-bond acceptors (Lipinski definition) is 3. The summed E-state index contributed by atoms with van der Waals surface area (Å²) in [5.41, 5.74) is 7.36. The average molecular weight is 196 g/mol. The number of halogens is 1. The fourth-order valence-electron chi connectivity index (χ4n) is 1.60. The summed E-state index contributed by atoms with van der Waals surface area (Å²) in [7, 11) is 0. The van der Waals surface area contributed by atoms with Crippen molar-refractivity contribution in [1.29, 1.82) is 0 Å². The van der Waals surface area contributed by atoms with Crippen LogP contribution in [-0.4, -0.2) is 26.1 Å². The molecule has 1 atom stereocenters. The average Bonchev–Trinajstić information content (AvgIpc) is 2.18. The number of hydrogen-bond donors (Lipinski definition) is 1. The Balaban J connectivity index is 2.18. The summed E-state index contributed by atoms with van der Waals surface area (Å²) in [6.45, 7) is 1.36. The molecule has 0 saturated carbocycles. The molecule has 4 heteroatoms. The van der Waals surface area contributed by atoms with E-state index in [2.05, 4.69) is 0 Å². The molecule has 1 heterocycles. The first kappa shape index (κ1) is 9.27. The normalized spacial score (nSPS) is 22.4. The van der Waals surface area contributed by atoms with E-state index in [1.165, 1.54) is 0 Å². The van der Waals surface area contributed by atoms with Gasteiger partial charge >= 0.3 is 0 Å². The SMILES string of the molecule is Nc1ccccc1N1CCOC(F)C1. The molecular weight excluding hydrogens is 183 g/mol. The third-order valence-electron chi connectivity index (χ3n) is 2.30. The number of anilines is 2. The molecule has 0 amide bonds. The van der Waals surface area contributed by atoms with Crippen molar-refractivity contribution in [3.8, 4) is 0 Å². The molecule has 0 radical (unpaired) electrons. The minimum Gasteiger partial charge on any atom is -0.397 e. The van der Waals surface area contributed by atoms with Crippen LogP contribution in [0.4, 0.5) is 15.8 Å². The maximum atomic E-state index is 12.9. The second-order valence-electron chi connectivity index (χ2n) is 3.29. The molecular formula is C10H13FN2O. The molecule has 1 fully saturated rings. The van der Waals surface area contributed by atoms with Gasteiger partial charge < -0.3 is 15.4 Å². The largest absolute Gasteiger partial charge is 0.397 e. The molecule has 1 unspecified atom stereocenters. The number of alkyl halides is 1. The Morgan fingerprint density at radius 3 is 2.93 bits per heavy atom. The third-order valence-corrected chi connectivity index (χ3v) is 2.30. The number of para-hydroxylation sites is 2. The van der Waals surface area contributed by atoms with Crippen LogP contribution >= 0.6 is 0 Å². The molecule has 1 aliphatic heterocycles. The molecule has 76 valence electrons. The smallest absolute Gasteiger partial charge is 0.216 e. The van der Waals surface area contributed by atoms with Gasteiger partial charge in [0, 0.05) is 6.54 Å². The Kier molecular flexibility index (Phi) is 2.54. The molecule has 0 aromatic heterocycles. The van der Waals surface area contributed by atoms with E-state index in [1.54, 1.807) is 0 Å². The predicted molar refractivity (Wildman–Crippen MR) is 53.9 cm³/mol. The van der Waals surface area contributed by atoms with E-state index in [9.17, 15) is 4.39 Å². The molecule has 1 aromatic rings. The Labute approximate surface area is 82.3 Å². The van der Waals surface area contributed by atoms with E-state index in [4.69, 9.17) is 10.5 Å². The van der Waals surface area contributed by atoms with Crippen molar-refractivity contribution in [3.63, 3.8) is 0 Å². The highest BCUT2D eigenvalue weighted by atomic mass is 19.1. The molecule has 1 aliphatic rings. The standard InChI is InChI=1S/C10H13FN2O/c11-10-7-13(5-6-14-10)9-4-2-1-3-8(9)12/h1-4,10H,5-7,12H2. The van der Waals surface area contributed by atoms with Gasteiger partial charge in [-0.05, 0) is 12.1 Å². The topological polar surface area (TPSA) is 38.5 Å². The zero-order valence-corrected chi connectivity index (χ0v) is 7.82. The predicted octanol–water partition coefficient (Wildman–Crippen LogP) is 1.40. The second kappa shape index (κ2) is 3.84. The van der Waals surface area contributed by atoms with Crippen molar-refractivity contribution in [2.45, 2.75) is 6.36 Å². The highest BCUT2D eigenvalue weighted by molar-refractivity contribution is 5.67. The summed E-state index contributed by atoms with van der Waals surface area (Å²) < 4.78 is 17.8. The van der Waals surface area contributed by atoms with Crippen LogP contribution in [0.1, 0.15) is 0 Å². The zero-order valence-electron chi connectivity index (χ0n) is 7.82. The number of nitrogens with two attached hydrogens (primary N) is 1. The summed E-state index contributed by atoms with van der Waals surface area (Å²) in [6, 6.07) is 7.48. The minimum atomic E-state index is -1.21. The summed E-state index contributed by atoms with van der Waals surface area (Å²) in [4.78, 5) is 1.91. The van der Waals surface area contributed by atoms with E-state index in [0.29, 0.717) is 18.8 Å². The van der Waals surface area contributed by atoms with Crippen molar-refractivity contribution in [2.24, 2.45) is 0 Å². The van der Waals surface area contributed by atoms with E-state index < -0.39 is 6.36 Å². The first-order valence-electron chi connectivity index (χ1n) is 4.62. The molecule has 3 nitrogen and oxygen atoms in total. The lowest BCUT2D eigenvalue weighted by atomic mass is 10.2. The Hall–Kier alpha value is -1.29. The number of nitrogens with zero attached hydrogens (tertiary/aromatic N) is 1. The zero-order chi connectivity index (χ0) is 9.97. The lowest BCUT2D eigenvalue weighted by molar-refractivity contribution is -0.0464. The Bertz CT molecular complexity index is 319. The van der Waals surface area contributed by atoms with Gasteiger partial charge in [-0.15, -0.1) is 0 Å². The van der Waals surface area contributed by atoms with Crippen LogP contribution < -0.4 is 10.6 Å². The van der Waals surface area contributed by atoms with Gasteiger partial charge in [-0.1, -0.05) is 12.1 Å². The van der Waals surface area contributed by atoms with Gasteiger partial charge in [-0.2, -0.15) is 0 Å². The number of nitrogen functional groups attached to an aromatic ring is 1. The van der Waals surface area contributed by atoms with Crippen molar-refractivity contribution < 1.29 is 9.13 Å². The second-order valence-corrected chi connectivity index (χ2v) is 3.29. The molecule has 0 spiro atoms. The van der Waals surface area contributed by atoms with Gasteiger partial charge in [0.1, 0.15) is 0 Å². The van der Waals surface area contributed by atoms with Gasteiger partial charge in [0.2, 0.25) is 6.36 Å². The van der Waals surface area contributed by atoms with Crippen molar-refractivity contribution in [1.82, 2.24) is 0 Å². The van der Waals surface area contributed by atoms with Crippen LogP contribution in [0, 0.1) is 0 Å². The van der Waals surface area contributed by atoms with E-state index >= 15 is 0 Å². The summed E-state index contributed by atoms with van der Waals surface area (Å²) in [6.07, 6.45) is -1.21. The fraction of sp³-hybridized carbons (Fsp3) is 0.400. The van der Waals surface area contributed by atoms with Crippen LogP contribution in [0.3, 0.4) is 0 Å². The number of benzene rings is 1. The van der Waals surface area contributed by atoms with Gasteiger partial charge in [0.25, 0.3) is 0 Å². The molecule has 2 rings (SSSR count). The van der Waals surface area contributed by atoms with Gasteiger partial charge in [-0.3, -0.25) is 0 Å². The third kappa shape index (κ3) is 1.80. The molecule has 2 N–H and O–H groups in total. The highest BCUT2D eigenvalue weighted by Crippen LogP contribution is 2.24. The first-order chi connectivity index (χ1) is 6.77. The number of morpholine rings is 1. The Morgan fingerprint density at radius 1 is 1.43 bits per heavy atom. The summed E-state index contributed by atoms with van der Waals surface area (Å²) in [5, 5.41) is 0. The first-order valence-corrected chi connectivity index (χ1v) is 4.62. The highest BCUT2D eigenvalue weighted by Gasteiger charge is 2.20. The van der Waals surface area contributed by atoms with Crippen LogP contribution in [0.15, 0.2) is 24.3 Å². The summed E-state index contributed by atoms with van der Waals surface area (Å²) in [5.74, 6) is 0. The Morgan fingerprint density at radius 2 is 2.21 bits per heavy atom. The molecule has 1 saturated heterocycles. The van der Waals surface area contributed by atoms with Crippen LogP contribution in [0.5, 0.6) is 0 Å². The molecule has 14 heavy (non-hydrogen) atoms. The molecule has 0 aliphatic carbocycles. The fourth-order valence-corrected chi connectivity index (χ4v) is 1.60. The summed E-state index contributed by atoms with van der Waals surface area (Å²) >= 11 is 0. The van der Waals surface area contributed by atoms with Crippen LogP contribution in [0.2, 0.25) is 0 Å². The maximum Gasteiger partial charge on any atom is 0.216 e. The van der Waals surface area contributed by atoms with Crippen LogP contribution in [-0.2, 0) is 4.74 Å². The lowest BCUT2D eigenvalue weighted by Gasteiger charge is -2.31. The minimum absolute atomic E-state index is 0.258. The van der Waals surface area contributed by atoms with Crippen molar-refractivity contribution in [3.05, 3.63) is 24.3 Å². The van der Waals surface area contributed by atoms with Crippen molar-refractivity contribution in [2.75, 3.05) is 30.3 Å². The van der Waals surface area contributed by atoms with Crippen molar-refractivity contribution >= 4 is 11.4 Å². The number of rotatable bonds is 1. The molecule has 0 bridgehead atoms. The quantitative estimate of drug-likeness (QED) is 0.690.